The number of para-hydroxylation sites is 2. The van der Waals surface area contributed by atoms with Crippen LogP contribution in [0.4, 0.5) is 8.78 Å². The second kappa shape index (κ2) is 7.30. The first-order valence-electron chi connectivity index (χ1n) is 8.57. The molecule has 2 aromatic heterocycles. The molecular formula is C19H14F2N4O4. The Kier molecular flexibility index (Phi) is 4.67. The summed E-state index contributed by atoms with van der Waals surface area (Å²) in [6, 6.07) is 12.5. The average Bonchev–Trinajstić information content (AvgIpc) is 3.09. The summed E-state index contributed by atoms with van der Waals surface area (Å²) >= 11 is 0. The highest BCUT2D eigenvalue weighted by molar-refractivity contribution is 5.80. The van der Waals surface area contributed by atoms with Crippen molar-refractivity contribution in [2.24, 2.45) is 0 Å². The van der Waals surface area contributed by atoms with Crippen molar-refractivity contribution in [2.75, 3.05) is 0 Å². The lowest BCUT2D eigenvalue weighted by Gasteiger charge is -2.09. The molecule has 0 fully saturated rings. The second-order valence-electron chi connectivity index (χ2n) is 6.20. The minimum Gasteiger partial charge on any atom is -0.456 e. The number of ether oxygens (including phenoxy) is 1. The molecule has 0 saturated carbocycles. The molecule has 0 radical (unpaired) electrons. The number of nitrogens with one attached hydrogen (secondary N) is 1. The lowest BCUT2D eigenvalue weighted by Crippen LogP contribution is -2.32. The molecule has 0 amide bonds. The third-order valence-corrected chi connectivity index (χ3v) is 4.40. The van der Waals surface area contributed by atoms with E-state index in [-0.39, 0.29) is 22.1 Å². The van der Waals surface area contributed by atoms with Gasteiger partial charge >= 0.3 is 12.5 Å². The summed E-state index contributed by atoms with van der Waals surface area (Å²) in [5.41, 5.74) is -0.554. The van der Waals surface area contributed by atoms with Gasteiger partial charge in [-0.25, -0.2) is 9.67 Å². The first-order chi connectivity index (χ1) is 14.0. The lowest BCUT2D eigenvalue weighted by molar-refractivity contribution is -0.146. The standard InChI is InChI=1S/C19H14F2N4O4/c20-19(21)25-14-8-4-3-7-13(14)22-15(25)10-29-16(26)9-24-18(28)12-6-2-1-5-11(12)17(27)23-24/h1-8,19H,9-10H2,(H,23,27). The van der Waals surface area contributed by atoms with Crippen LogP contribution in [0.1, 0.15) is 12.4 Å². The maximum absolute atomic E-state index is 13.4. The number of aromatic amines is 1. The van der Waals surface area contributed by atoms with Crippen molar-refractivity contribution in [1.29, 1.82) is 0 Å². The number of carbonyl (C=O) groups excluding carboxylic acids is 1. The smallest absolute Gasteiger partial charge is 0.328 e. The van der Waals surface area contributed by atoms with Gasteiger partial charge in [0, 0.05) is 0 Å². The van der Waals surface area contributed by atoms with E-state index in [0.29, 0.717) is 10.1 Å². The Morgan fingerprint density at radius 2 is 1.76 bits per heavy atom. The predicted molar refractivity (Wildman–Crippen MR) is 99.6 cm³/mol. The van der Waals surface area contributed by atoms with Gasteiger partial charge in [0.1, 0.15) is 13.2 Å². The minimum absolute atomic E-state index is 0.131. The van der Waals surface area contributed by atoms with E-state index in [1.54, 1.807) is 30.3 Å². The van der Waals surface area contributed by atoms with Gasteiger partial charge in [-0.1, -0.05) is 24.3 Å². The van der Waals surface area contributed by atoms with Crippen LogP contribution in [0.15, 0.2) is 58.1 Å². The summed E-state index contributed by atoms with van der Waals surface area (Å²) in [5.74, 6) is -1.01. The van der Waals surface area contributed by atoms with Gasteiger partial charge in [0.05, 0.1) is 21.8 Å². The number of fused-ring (bicyclic) bond motifs is 2. The number of H-pyrrole nitrogens is 1. The topological polar surface area (TPSA) is 99.0 Å². The Morgan fingerprint density at radius 3 is 2.52 bits per heavy atom. The van der Waals surface area contributed by atoms with Crippen LogP contribution >= 0.6 is 0 Å². The molecule has 0 aliphatic carbocycles. The third-order valence-electron chi connectivity index (χ3n) is 4.40. The average molecular weight is 400 g/mol. The summed E-state index contributed by atoms with van der Waals surface area (Å²) in [5, 5.41) is 2.66. The Bertz CT molecular complexity index is 1340. The molecule has 2 aromatic carbocycles. The molecule has 1 N–H and O–H groups in total. The largest absolute Gasteiger partial charge is 0.456 e. The maximum Gasteiger partial charge on any atom is 0.328 e. The second-order valence-corrected chi connectivity index (χ2v) is 6.20. The molecule has 4 aromatic rings. The van der Waals surface area contributed by atoms with Crippen molar-refractivity contribution >= 4 is 27.8 Å². The molecule has 148 valence electrons. The third kappa shape index (κ3) is 3.40. The van der Waals surface area contributed by atoms with E-state index in [9.17, 15) is 23.2 Å². The number of imidazole rings is 1. The summed E-state index contributed by atoms with van der Waals surface area (Å²) in [6.07, 6.45) is 0. The molecule has 0 unspecified atom stereocenters. The van der Waals surface area contributed by atoms with Crippen molar-refractivity contribution in [3.05, 3.63) is 75.1 Å². The van der Waals surface area contributed by atoms with Crippen LogP contribution in [0.2, 0.25) is 0 Å². The predicted octanol–water partition coefficient (Wildman–Crippen LogP) is 2.18. The van der Waals surface area contributed by atoms with Crippen LogP contribution < -0.4 is 11.1 Å². The quantitative estimate of drug-likeness (QED) is 0.518. The van der Waals surface area contributed by atoms with Gasteiger partial charge in [-0.05, 0) is 24.3 Å². The number of alkyl halides is 2. The van der Waals surface area contributed by atoms with E-state index in [1.165, 1.54) is 18.2 Å². The molecule has 8 nitrogen and oxygen atoms in total. The van der Waals surface area contributed by atoms with Crippen molar-refractivity contribution in [2.45, 2.75) is 19.7 Å². The zero-order valence-corrected chi connectivity index (χ0v) is 14.8. The normalized spacial score (nSPS) is 11.4. The Morgan fingerprint density at radius 1 is 1.07 bits per heavy atom. The molecule has 0 aliphatic heterocycles. The number of nitrogens with zero attached hydrogens (tertiary/aromatic N) is 3. The van der Waals surface area contributed by atoms with Gasteiger partial charge < -0.3 is 4.74 Å². The SMILES string of the molecule is O=C(Cn1[nH]c(=O)c2ccccc2c1=O)OCc1nc2ccccc2n1C(F)F. The fourth-order valence-electron chi connectivity index (χ4n) is 3.09. The summed E-state index contributed by atoms with van der Waals surface area (Å²) in [6.45, 7) is -3.95. The molecule has 0 saturated heterocycles. The van der Waals surface area contributed by atoms with Crippen molar-refractivity contribution in [3.8, 4) is 0 Å². The van der Waals surface area contributed by atoms with Crippen LogP contribution in [0.3, 0.4) is 0 Å². The van der Waals surface area contributed by atoms with Gasteiger partial charge in [-0.2, -0.15) is 8.78 Å². The Hall–Kier alpha value is -3.82. The number of rotatable bonds is 5. The van der Waals surface area contributed by atoms with E-state index in [0.717, 1.165) is 4.68 Å². The molecule has 10 heteroatoms. The number of hydrogen-bond acceptors (Lipinski definition) is 5. The van der Waals surface area contributed by atoms with Crippen LogP contribution in [0.5, 0.6) is 0 Å². The van der Waals surface area contributed by atoms with Crippen LogP contribution in [0, 0.1) is 0 Å². The van der Waals surface area contributed by atoms with E-state index in [2.05, 4.69) is 10.1 Å². The Balaban J connectivity index is 1.56. The zero-order chi connectivity index (χ0) is 20.5. The fourth-order valence-corrected chi connectivity index (χ4v) is 3.09. The number of halogens is 2. The molecule has 0 atom stereocenters. The molecule has 0 aliphatic rings. The van der Waals surface area contributed by atoms with Crippen LogP contribution in [-0.4, -0.2) is 25.3 Å². The number of hydrogen-bond donors (Lipinski definition) is 1. The van der Waals surface area contributed by atoms with Gasteiger partial charge in [0.15, 0.2) is 5.82 Å². The van der Waals surface area contributed by atoms with E-state index < -0.39 is 36.8 Å². The van der Waals surface area contributed by atoms with Gasteiger partial charge in [0.25, 0.3) is 11.1 Å². The zero-order valence-electron chi connectivity index (χ0n) is 14.8. The minimum atomic E-state index is -2.87. The monoisotopic (exact) mass is 400 g/mol. The molecule has 2 heterocycles. The first-order valence-corrected chi connectivity index (χ1v) is 8.57. The number of benzene rings is 2. The van der Waals surface area contributed by atoms with Gasteiger partial charge in [-0.15, -0.1) is 0 Å². The Labute approximate surface area is 160 Å². The number of aromatic nitrogens is 4. The summed E-state index contributed by atoms with van der Waals surface area (Å²) < 4.78 is 33.3. The van der Waals surface area contributed by atoms with Crippen molar-refractivity contribution in [3.63, 3.8) is 0 Å². The number of esters is 1. The molecule has 0 spiro atoms. The molecule has 29 heavy (non-hydrogen) atoms. The van der Waals surface area contributed by atoms with E-state index in [1.807, 2.05) is 0 Å². The molecule has 0 bridgehead atoms. The first kappa shape index (κ1) is 18.5. The highest BCUT2D eigenvalue weighted by atomic mass is 19.3. The highest BCUT2D eigenvalue weighted by Crippen LogP contribution is 2.23. The highest BCUT2D eigenvalue weighted by Gasteiger charge is 2.19. The van der Waals surface area contributed by atoms with Crippen molar-refractivity contribution in [1.82, 2.24) is 19.3 Å². The van der Waals surface area contributed by atoms with Crippen molar-refractivity contribution < 1.29 is 18.3 Å². The van der Waals surface area contributed by atoms with E-state index >= 15 is 0 Å². The van der Waals surface area contributed by atoms with Crippen LogP contribution in [0.25, 0.3) is 21.8 Å². The van der Waals surface area contributed by atoms with Gasteiger partial charge in [-0.3, -0.25) is 24.0 Å². The summed E-state index contributed by atoms with van der Waals surface area (Å²) in [4.78, 5) is 40.7. The number of carbonyl (C=O) groups is 1. The summed E-state index contributed by atoms with van der Waals surface area (Å²) in [7, 11) is 0. The molecule has 4 rings (SSSR count). The lowest BCUT2D eigenvalue weighted by atomic mass is 10.2. The van der Waals surface area contributed by atoms with Crippen LogP contribution in [-0.2, 0) is 22.7 Å². The fraction of sp³-hybridized carbons (Fsp3) is 0.158. The van der Waals surface area contributed by atoms with Gasteiger partial charge in [0.2, 0.25) is 0 Å². The maximum atomic E-state index is 13.4. The molecular weight excluding hydrogens is 386 g/mol. The van der Waals surface area contributed by atoms with E-state index in [4.69, 9.17) is 4.74 Å².